The third-order valence-electron chi connectivity index (χ3n) is 10.6. The van der Waals surface area contributed by atoms with Gasteiger partial charge >= 0.3 is 0 Å². The molecule has 0 fully saturated rings. The highest BCUT2D eigenvalue weighted by molar-refractivity contribution is 7.26. The first kappa shape index (κ1) is 26.4. The zero-order valence-corrected chi connectivity index (χ0v) is 27.0. The van der Waals surface area contributed by atoms with E-state index in [1.165, 1.54) is 104 Å². The van der Waals surface area contributed by atoms with Crippen molar-refractivity contribution in [3.05, 3.63) is 157 Å². The lowest BCUT2D eigenvalue weighted by Crippen LogP contribution is -2.11. The second-order valence-corrected chi connectivity index (χ2v) is 14.2. The molecule has 0 unspecified atom stereocenters. The fraction of sp³-hybridized carbons (Fsp3) is 0.0435. The highest BCUT2D eigenvalue weighted by Crippen LogP contribution is 2.58. The van der Waals surface area contributed by atoms with Crippen LogP contribution in [0.4, 0.5) is 17.1 Å². The number of aryl methyl sites for hydroxylation is 1. The van der Waals surface area contributed by atoms with Crippen LogP contribution in [0.3, 0.4) is 0 Å². The summed E-state index contributed by atoms with van der Waals surface area (Å²) in [6.45, 7) is 0. The Morgan fingerprint density at radius 2 is 1.10 bits per heavy atom. The molecule has 1 nitrogen and oxygen atoms in total. The standard InChI is InChI=1S/C46H29NS/c1-2-11-29-26-30(23-22-28(29)10-1)47(42-20-9-19-40-34-13-5-6-21-43(34)48-46(40)42)31-24-25-33-37-16-8-17-38-39-18-7-15-36(45(39)41(33)27-31)32-12-3-4-14-35(32)44(37)38/h1,3-10,12-27H,2,11H2. The SMILES string of the molecule is C1=Cc2ccc(N(c3ccc4c(c3)-c3c5cccc3-c3cccc-4c3-c3ccccc3-5)c3cccc4c3sc3ccccc34)cc2CC1. The second kappa shape index (κ2) is 9.90. The van der Waals surface area contributed by atoms with Crippen LogP contribution in [-0.4, -0.2) is 0 Å². The maximum absolute atomic E-state index is 2.51. The molecule has 0 aliphatic heterocycles. The molecule has 3 aliphatic carbocycles. The topological polar surface area (TPSA) is 3.24 Å². The molecule has 0 saturated heterocycles. The molecule has 0 amide bonds. The zero-order chi connectivity index (χ0) is 31.3. The quantitative estimate of drug-likeness (QED) is 0.188. The van der Waals surface area contributed by atoms with Crippen LogP contribution in [0.1, 0.15) is 17.5 Å². The molecule has 1 aromatic heterocycles. The van der Waals surface area contributed by atoms with Crippen LogP contribution in [0.15, 0.2) is 146 Å². The van der Waals surface area contributed by atoms with E-state index in [-0.39, 0.29) is 0 Å². The lowest BCUT2D eigenvalue weighted by Gasteiger charge is -2.29. The molecule has 0 N–H and O–H groups in total. The van der Waals surface area contributed by atoms with Gasteiger partial charge in [0, 0.05) is 26.8 Å². The first-order valence-corrected chi connectivity index (χ1v) is 17.6. The molecule has 0 atom stereocenters. The molecule has 2 heteroatoms. The third kappa shape index (κ3) is 3.61. The molecule has 0 spiro atoms. The fourth-order valence-corrected chi connectivity index (χ4v) is 9.73. The summed E-state index contributed by atoms with van der Waals surface area (Å²) in [6, 6.07) is 52.6. The average Bonchev–Trinajstić information content (AvgIpc) is 3.48. The monoisotopic (exact) mass is 627 g/mol. The van der Waals surface area contributed by atoms with E-state index in [2.05, 4.69) is 157 Å². The minimum Gasteiger partial charge on any atom is -0.309 e. The van der Waals surface area contributed by atoms with Gasteiger partial charge in [0.15, 0.2) is 0 Å². The molecule has 8 aromatic rings. The summed E-state index contributed by atoms with van der Waals surface area (Å²) in [4.78, 5) is 2.51. The predicted molar refractivity (Wildman–Crippen MR) is 206 cm³/mol. The van der Waals surface area contributed by atoms with Gasteiger partial charge in [-0.3, -0.25) is 0 Å². The Bertz CT molecular complexity index is 2670. The van der Waals surface area contributed by atoms with Crippen molar-refractivity contribution in [2.45, 2.75) is 12.8 Å². The van der Waals surface area contributed by atoms with Crippen molar-refractivity contribution in [3.8, 4) is 55.6 Å². The highest BCUT2D eigenvalue weighted by atomic mass is 32.1. The van der Waals surface area contributed by atoms with E-state index in [0.29, 0.717) is 0 Å². The largest absolute Gasteiger partial charge is 0.309 e. The number of benzene rings is 7. The predicted octanol–water partition coefficient (Wildman–Crippen LogP) is 13.4. The van der Waals surface area contributed by atoms with E-state index < -0.39 is 0 Å². The van der Waals surface area contributed by atoms with Gasteiger partial charge in [0.2, 0.25) is 0 Å². The Morgan fingerprint density at radius 3 is 1.96 bits per heavy atom. The molecule has 7 aromatic carbocycles. The third-order valence-corrected chi connectivity index (χ3v) is 11.8. The lowest BCUT2D eigenvalue weighted by atomic mass is 9.83. The summed E-state index contributed by atoms with van der Waals surface area (Å²) in [7, 11) is 0. The number of hydrogen-bond donors (Lipinski definition) is 0. The molecular weight excluding hydrogens is 599 g/mol. The summed E-state index contributed by atoms with van der Waals surface area (Å²) >= 11 is 1.90. The van der Waals surface area contributed by atoms with Gasteiger partial charge < -0.3 is 4.90 Å². The maximum Gasteiger partial charge on any atom is 0.0640 e. The molecule has 0 saturated carbocycles. The molecule has 0 radical (unpaired) electrons. The summed E-state index contributed by atoms with van der Waals surface area (Å²) in [5.74, 6) is 0. The smallest absolute Gasteiger partial charge is 0.0640 e. The Labute approximate surface area is 283 Å². The van der Waals surface area contributed by atoms with Crippen LogP contribution in [0.2, 0.25) is 0 Å². The van der Waals surface area contributed by atoms with Gasteiger partial charge in [0.25, 0.3) is 0 Å². The zero-order valence-electron chi connectivity index (χ0n) is 26.2. The van der Waals surface area contributed by atoms with Crippen molar-refractivity contribution in [2.75, 3.05) is 4.90 Å². The van der Waals surface area contributed by atoms with Crippen molar-refractivity contribution in [1.29, 1.82) is 0 Å². The molecule has 224 valence electrons. The van der Waals surface area contributed by atoms with E-state index in [1.807, 2.05) is 11.3 Å². The minimum atomic E-state index is 1.07. The van der Waals surface area contributed by atoms with Crippen molar-refractivity contribution in [2.24, 2.45) is 0 Å². The normalized spacial score (nSPS) is 13.2. The second-order valence-electron chi connectivity index (χ2n) is 13.1. The van der Waals surface area contributed by atoms with Gasteiger partial charge in [0.05, 0.1) is 10.4 Å². The highest BCUT2D eigenvalue weighted by Gasteiger charge is 2.31. The van der Waals surface area contributed by atoms with E-state index in [9.17, 15) is 0 Å². The Morgan fingerprint density at radius 1 is 0.479 bits per heavy atom. The number of nitrogens with zero attached hydrogens (tertiary/aromatic N) is 1. The average molecular weight is 628 g/mol. The summed E-state index contributed by atoms with van der Waals surface area (Å²) in [5.41, 5.74) is 19.5. The lowest BCUT2D eigenvalue weighted by molar-refractivity contribution is 0.984. The van der Waals surface area contributed by atoms with E-state index in [4.69, 9.17) is 0 Å². The van der Waals surface area contributed by atoms with Gasteiger partial charge in [-0.2, -0.15) is 0 Å². The van der Waals surface area contributed by atoms with Crippen molar-refractivity contribution < 1.29 is 0 Å². The van der Waals surface area contributed by atoms with Crippen molar-refractivity contribution in [1.82, 2.24) is 0 Å². The van der Waals surface area contributed by atoms with E-state index in [0.717, 1.165) is 12.8 Å². The molecule has 1 heterocycles. The summed E-state index contributed by atoms with van der Waals surface area (Å²) in [6.07, 6.45) is 6.73. The molecule has 6 bridgehead atoms. The Hall–Kier alpha value is -5.70. The van der Waals surface area contributed by atoms with E-state index >= 15 is 0 Å². The maximum atomic E-state index is 2.51. The van der Waals surface area contributed by atoms with Crippen LogP contribution < -0.4 is 4.90 Å². The Balaban J connectivity index is 1.22. The first-order valence-electron chi connectivity index (χ1n) is 16.8. The fourth-order valence-electron chi connectivity index (χ4n) is 8.53. The van der Waals surface area contributed by atoms with Crippen LogP contribution in [0.5, 0.6) is 0 Å². The molecule has 48 heavy (non-hydrogen) atoms. The van der Waals surface area contributed by atoms with Gasteiger partial charge in [-0.15, -0.1) is 11.3 Å². The van der Waals surface area contributed by atoms with Crippen LogP contribution in [0.25, 0.3) is 81.9 Å². The number of hydrogen-bond acceptors (Lipinski definition) is 2. The van der Waals surface area contributed by atoms with Crippen molar-refractivity contribution >= 4 is 54.6 Å². The number of anilines is 3. The van der Waals surface area contributed by atoms with Crippen LogP contribution in [0, 0.1) is 0 Å². The number of rotatable bonds is 3. The number of fused-ring (bicyclic) bond motifs is 8. The first-order chi connectivity index (χ1) is 23.8. The summed E-state index contributed by atoms with van der Waals surface area (Å²) in [5, 5.41) is 2.64. The Kier molecular flexibility index (Phi) is 5.44. The molecule has 11 rings (SSSR count). The van der Waals surface area contributed by atoms with Gasteiger partial charge in [-0.05, 0) is 116 Å². The van der Waals surface area contributed by atoms with Gasteiger partial charge in [-0.25, -0.2) is 0 Å². The van der Waals surface area contributed by atoms with Crippen LogP contribution >= 0.6 is 11.3 Å². The van der Waals surface area contributed by atoms with E-state index in [1.54, 1.807) is 0 Å². The number of allylic oxidation sites excluding steroid dienone is 1. The summed E-state index contributed by atoms with van der Waals surface area (Å²) < 4.78 is 2.64. The van der Waals surface area contributed by atoms with Gasteiger partial charge in [0.1, 0.15) is 0 Å². The molecule has 3 aliphatic rings. The van der Waals surface area contributed by atoms with Crippen molar-refractivity contribution in [3.63, 3.8) is 0 Å². The number of thiophene rings is 1. The van der Waals surface area contributed by atoms with Gasteiger partial charge in [-0.1, -0.05) is 115 Å². The minimum absolute atomic E-state index is 1.07. The molecular formula is C46H29NS. The van der Waals surface area contributed by atoms with Crippen LogP contribution in [-0.2, 0) is 6.42 Å².